The molecule has 15 heavy (non-hydrogen) atoms. The number of carbonyl (C=O) groups is 1. The van der Waals surface area contributed by atoms with Crippen molar-refractivity contribution in [3.8, 4) is 5.75 Å². The summed E-state index contributed by atoms with van der Waals surface area (Å²) in [6.45, 7) is 0. The van der Waals surface area contributed by atoms with Crippen LogP contribution in [0.15, 0.2) is 23.1 Å². The van der Waals surface area contributed by atoms with Crippen molar-refractivity contribution in [1.29, 1.82) is 0 Å². The Balaban J connectivity index is 0.00000196. The molecule has 0 saturated heterocycles. The number of rotatable bonds is 2. The molecular weight excluding hydrogens is 268 g/mol. The van der Waals surface area contributed by atoms with Crippen molar-refractivity contribution < 1.29 is 45.0 Å². The summed E-state index contributed by atoms with van der Waals surface area (Å²) in [5.41, 5.74) is -0.583. The molecule has 0 amide bonds. The van der Waals surface area contributed by atoms with Crippen LogP contribution in [0.1, 0.15) is 10.4 Å². The SMILES string of the molecule is O=C(O)c1cc(S(=O)(=O)O)ccc1O.[Fe]. The Morgan fingerprint density at radius 1 is 1.27 bits per heavy atom. The molecule has 0 aromatic heterocycles. The monoisotopic (exact) mass is 274 g/mol. The van der Waals surface area contributed by atoms with Gasteiger partial charge in [-0.15, -0.1) is 0 Å². The fourth-order valence-corrected chi connectivity index (χ4v) is 1.35. The summed E-state index contributed by atoms with van der Waals surface area (Å²) in [4.78, 5) is 9.89. The van der Waals surface area contributed by atoms with Crippen molar-refractivity contribution in [2.75, 3.05) is 0 Å². The van der Waals surface area contributed by atoms with Crippen LogP contribution in [-0.4, -0.2) is 29.2 Å². The van der Waals surface area contributed by atoms with E-state index in [1.54, 1.807) is 0 Å². The fraction of sp³-hybridized carbons (Fsp3) is 0. The van der Waals surface area contributed by atoms with Crippen LogP contribution in [-0.2, 0) is 27.2 Å². The van der Waals surface area contributed by atoms with Gasteiger partial charge in [-0.25, -0.2) is 4.79 Å². The summed E-state index contributed by atoms with van der Waals surface area (Å²) in [5, 5.41) is 17.5. The molecule has 0 bridgehead atoms. The number of hydrogen-bond acceptors (Lipinski definition) is 4. The number of hydrogen-bond donors (Lipinski definition) is 3. The fourth-order valence-electron chi connectivity index (χ4n) is 0.847. The van der Waals surface area contributed by atoms with E-state index in [4.69, 9.17) is 14.8 Å². The maximum atomic E-state index is 10.6. The third kappa shape index (κ3) is 3.21. The number of aromatic carboxylic acids is 1. The topological polar surface area (TPSA) is 112 Å². The molecular formula is C7H6FeO6S. The summed E-state index contributed by atoms with van der Waals surface area (Å²) in [7, 11) is -4.45. The molecule has 6 nitrogen and oxygen atoms in total. The van der Waals surface area contributed by atoms with Crippen LogP contribution < -0.4 is 0 Å². The summed E-state index contributed by atoms with van der Waals surface area (Å²) in [6, 6.07) is 2.46. The van der Waals surface area contributed by atoms with Gasteiger partial charge in [0.1, 0.15) is 11.3 Å². The van der Waals surface area contributed by atoms with Crippen LogP contribution in [0, 0.1) is 0 Å². The first-order valence-corrected chi connectivity index (χ1v) is 4.80. The maximum Gasteiger partial charge on any atom is 0.339 e. The molecule has 0 atom stereocenters. The predicted molar refractivity (Wildman–Crippen MR) is 44.9 cm³/mol. The Morgan fingerprint density at radius 3 is 2.20 bits per heavy atom. The third-order valence-electron chi connectivity index (χ3n) is 1.50. The molecule has 0 aliphatic heterocycles. The Bertz CT molecular complexity index is 480. The van der Waals surface area contributed by atoms with E-state index in [9.17, 15) is 13.2 Å². The van der Waals surface area contributed by atoms with Crippen LogP contribution in [0.25, 0.3) is 0 Å². The molecule has 1 aromatic rings. The smallest absolute Gasteiger partial charge is 0.339 e. The summed E-state index contributed by atoms with van der Waals surface area (Å²) < 4.78 is 29.8. The number of phenols is 1. The Kier molecular flexibility index (Phi) is 4.29. The van der Waals surface area contributed by atoms with Gasteiger partial charge in [0.15, 0.2) is 0 Å². The normalized spacial score (nSPS) is 10.5. The zero-order valence-electron chi connectivity index (χ0n) is 7.06. The molecule has 0 heterocycles. The van der Waals surface area contributed by atoms with Crippen molar-refractivity contribution in [1.82, 2.24) is 0 Å². The standard InChI is InChI=1S/C7H6O6S.Fe/c8-6-2-1-4(14(11,12)13)3-5(6)7(9)10;/h1-3,8H,(H,9,10)(H,11,12,13);. The molecule has 0 spiro atoms. The summed E-state index contributed by atoms with van der Waals surface area (Å²) in [6.07, 6.45) is 0. The average molecular weight is 274 g/mol. The minimum absolute atomic E-state index is 0. The van der Waals surface area contributed by atoms with Gasteiger partial charge < -0.3 is 10.2 Å². The molecule has 0 saturated carbocycles. The van der Waals surface area contributed by atoms with Crippen LogP contribution in [0.3, 0.4) is 0 Å². The van der Waals surface area contributed by atoms with Crippen molar-refractivity contribution in [2.24, 2.45) is 0 Å². The summed E-state index contributed by atoms with van der Waals surface area (Å²) in [5.74, 6) is -2.04. The largest absolute Gasteiger partial charge is 0.507 e. The first-order chi connectivity index (χ1) is 6.32. The predicted octanol–water partition coefficient (Wildman–Crippen LogP) is 0.335. The maximum absolute atomic E-state index is 10.6. The number of aromatic hydroxyl groups is 1. The quantitative estimate of drug-likeness (QED) is 0.529. The van der Waals surface area contributed by atoms with Gasteiger partial charge in [-0.3, -0.25) is 4.55 Å². The van der Waals surface area contributed by atoms with E-state index in [0.717, 1.165) is 12.1 Å². The molecule has 0 unspecified atom stereocenters. The van der Waals surface area contributed by atoms with Crippen molar-refractivity contribution in [3.05, 3.63) is 23.8 Å². The van der Waals surface area contributed by atoms with Gasteiger partial charge in [-0.05, 0) is 18.2 Å². The van der Waals surface area contributed by atoms with E-state index in [1.165, 1.54) is 0 Å². The van der Waals surface area contributed by atoms with Gasteiger partial charge in [0, 0.05) is 17.1 Å². The first-order valence-electron chi connectivity index (χ1n) is 3.36. The van der Waals surface area contributed by atoms with Crippen LogP contribution in [0.5, 0.6) is 5.75 Å². The number of carboxylic acids is 1. The molecule has 0 fully saturated rings. The van der Waals surface area contributed by atoms with Gasteiger partial charge in [-0.2, -0.15) is 8.42 Å². The van der Waals surface area contributed by atoms with Crippen molar-refractivity contribution in [2.45, 2.75) is 4.90 Å². The van der Waals surface area contributed by atoms with E-state index < -0.39 is 32.3 Å². The van der Waals surface area contributed by atoms with Gasteiger partial charge in [0.2, 0.25) is 0 Å². The second kappa shape index (κ2) is 4.63. The van der Waals surface area contributed by atoms with Gasteiger partial charge in [0.25, 0.3) is 10.1 Å². The van der Waals surface area contributed by atoms with E-state index >= 15 is 0 Å². The van der Waals surface area contributed by atoms with E-state index in [0.29, 0.717) is 6.07 Å². The zero-order valence-corrected chi connectivity index (χ0v) is 8.98. The molecule has 1 rings (SSSR count). The number of carboxylic acid groups (broad SMARTS) is 1. The zero-order chi connectivity index (χ0) is 10.9. The molecule has 0 aliphatic rings. The molecule has 84 valence electrons. The Labute approximate surface area is 95.8 Å². The molecule has 0 radical (unpaired) electrons. The summed E-state index contributed by atoms with van der Waals surface area (Å²) >= 11 is 0. The second-order valence-corrected chi connectivity index (χ2v) is 3.88. The second-order valence-electron chi connectivity index (χ2n) is 2.46. The molecule has 3 N–H and O–H groups in total. The van der Waals surface area contributed by atoms with Crippen molar-refractivity contribution >= 4 is 16.1 Å². The van der Waals surface area contributed by atoms with E-state index in [2.05, 4.69) is 0 Å². The van der Waals surface area contributed by atoms with Crippen molar-refractivity contribution in [3.63, 3.8) is 0 Å². The van der Waals surface area contributed by atoms with Gasteiger partial charge in [-0.1, -0.05) is 0 Å². The first kappa shape index (κ1) is 13.9. The minimum Gasteiger partial charge on any atom is -0.507 e. The minimum atomic E-state index is -4.45. The average Bonchev–Trinajstić information content (AvgIpc) is 2.02. The van der Waals surface area contributed by atoms with Crippen LogP contribution in [0.4, 0.5) is 0 Å². The van der Waals surface area contributed by atoms with Crippen LogP contribution in [0.2, 0.25) is 0 Å². The number of benzene rings is 1. The Morgan fingerprint density at radius 2 is 1.80 bits per heavy atom. The third-order valence-corrected chi connectivity index (χ3v) is 2.35. The van der Waals surface area contributed by atoms with Gasteiger partial charge in [0.05, 0.1) is 4.90 Å². The van der Waals surface area contributed by atoms with Gasteiger partial charge >= 0.3 is 5.97 Å². The Hall–Kier alpha value is -1.08. The molecule has 1 aromatic carbocycles. The van der Waals surface area contributed by atoms with E-state index in [1.807, 2.05) is 0 Å². The molecule has 0 aliphatic carbocycles. The van der Waals surface area contributed by atoms with Crippen LogP contribution >= 0.6 is 0 Å². The van der Waals surface area contributed by atoms with E-state index in [-0.39, 0.29) is 17.1 Å². The molecule has 8 heteroatoms.